The van der Waals surface area contributed by atoms with Crippen LogP contribution in [0.15, 0.2) is 33.9 Å². The summed E-state index contributed by atoms with van der Waals surface area (Å²) in [6.45, 7) is 6.96. The fourth-order valence-corrected chi connectivity index (χ4v) is 2.43. The topological polar surface area (TPSA) is 59.6 Å². The molecule has 0 radical (unpaired) electrons. The Balaban J connectivity index is 2.17. The summed E-state index contributed by atoms with van der Waals surface area (Å²) in [5.74, 6) is 0.726. The summed E-state index contributed by atoms with van der Waals surface area (Å²) in [4.78, 5) is 0. The average Bonchev–Trinajstić information content (AvgIpc) is 2.79. The van der Waals surface area contributed by atoms with Gasteiger partial charge in [-0.25, -0.2) is 0 Å². The van der Waals surface area contributed by atoms with Crippen molar-refractivity contribution in [1.82, 2.24) is 9.78 Å². The minimum absolute atomic E-state index is 0.425. The lowest BCUT2D eigenvalue weighted by Crippen LogP contribution is -2.07. The van der Waals surface area contributed by atoms with Gasteiger partial charge in [-0.2, -0.15) is 5.10 Å². The van der Waals surface area contributed by atoms with Crippen LogP contribution in [0.2, 0.25) is 0 Å². The van der Waals surface area contributed by atoms with Gasteiger partial charge in [0.15, 0.2) is 0 Å². The monoisotopic (exact) mass is 351 g/mol. The highest BCUT2D eigenvalue weighted by molar-refractivity contribution is 9.10. The van der Waals surface area contributed by atoms with Gasteiger partial charge < -0.3 is 9.94 Å². The van der Waals surface area contributed by atoms with Gasteiger partial charge in [0.2, 0.25) is 0 Å². The first kappa shape index (κ1) is 15.6. The molecule has 1 aromatic carbocycles. The molecule has 0 saturated carbocycles. The number of hydrogen-bond donors (Lipinski definition) is 1. The molecule has 0 amide bonds. The SMILES string of the molecule is CCn1nc(C)c(Br)c1COc1cccc(C(C)=NO)c1. The number of ether oxygens (including phenoxy) is 1. The van der Waals surface area contributed by atoms with Gasteiger partial charge in [0, 0.05) is 12.1 Å². The maximum atomic E-state index is 8.82. The normalized spacial score (nSPS) is 11.7. The van der Waals surface area contributed by atoms with Crippen molar-refractivity contribution in [1.29, 1.82) is 0 Å². The van der Waals surface area contributed by atoms with E-state index in [9.17, 15) is 0 Å². The zero-order valence-corrected chi connectivity index (χ0v) is 13.9. The number of nitrogens with zero attached hydrogens (tertiary/aromatic N) is 3. The highest BCUT2D eigenvalue weighted by atomic mass is 79.9. The number of aromatic nitrogens is 2. The van der Waals surface area contributed by atoms with Crippen LogP contribution >= 0.6 is 15.9 Å². The Morgan fingerprint density at radius 3 is 2.90 bits per heavy atom. The third-order valence-corrected chi connectivity index (χ3v) is 4.26. The molecule has 5 nitrogen and oxygen atoms in total. The molecule has 1 N–H and O–H groups in total. The smallest absolute Gasteiger partial charge is 0.131 e. The molecule has 0 spiro atoms. The van der Waals surface area contributed by atoms with Gasteiger partial charge in [0.05, 0.1) is 21.6 Å². The van der Waals surface area contributed by atoms with E-state index in [2.05, 4.69) is 26.2 Å². The lowest BCUT2D eigenvalue weighted by molar-refractivity contribution is 0.291. The van der Waals surface area contributed by atoms with Crippen molar-refractivity contribution in [2.45, 2.75) is 33.9 Å². The standard InChI is InChI=1S/C15H18BrN3O2/c1-4-19-14(15(16)11(3)17-19)9-21-13-7-5-6-12(8-13)10(2)18-20/h5-8,20H,4,9H2,1-3H3. The molecule has 21 heavy (non-hydrogen) atoms. The number of rotatable bonds is 5. The van der Waals surface area contributed by atoms with Crippen LogP contribution in [0.25, 0.3) is 0 Å². The summed E-state index contributed by atoms with van der Waals surface area (Å²) in [5, 5.41) is 16.5. The lowest BCUT2D eigenvalue weighted by atomic mass is 10.1. The van der Waals surface area contributed by atoms with Crippen molar-refractivity contribution in [3.05, 3.63) is 45.7 Å². The average molecular weight is 352 g/mol. The molecule has 0 atom stereocenters. The molecule has 2 aromatic rings. The van der Waals surface area contributed by atoms with Crippen LogP contribution in [0.5, 0.6) is 5.75 Å². The van der Waals surface area contributed by atoms with Crippen molar-refractivity contribution >= 4 is 21.6 Å². The Morgan fingerprint density at radius 2 is 2.24 bits per heavy atom. The zero-order chi connectivity index (χ0) is 15.4. The molecule has 6 heteroatoms. The predicted molar refractivity (Wildman–Crippen MR) is 85.1 cm³/mol. The van der Waals surface area contributed by atoms with Crippen LogP contribution in [0.4, 0.5) is 0 Å². The van der Waals surface area contributed by atoms with Crippen LogP contribution in [0, 0.1) is 6.92 Å². The Labute approximate surface area is 132 Å². The van der Waals surface area contributed by atoms with E-state index in [-0.39, 0.29) is 0 Å². The van der Waals surface area contributed by atoms with E-state index in [4.69, 9.17) is 9.94 Å². The Morgan fingerprint density at radius 1 is 1.48 bits per heavy atom. The first-order valence-electron chi connectivity index (χ1n) is 6.70. The predicted octanol–water partition coefficient (Wildman–Crippen LogP) is 3.75. The molecule has 112 valence electrons. The van der Waals surface area contributed by atoms with E-state index in [1.54, 1.807) is 6.92 Å². The van der Waals surface area contributed by atoms with Crippen molar-refractivity contribution < 1.29 is 9.94 Å². The van der Waals surface area contributed by atoms with E-state index in [0.29, 0.717) is 12.3 Å². The van der Waals surface area contributed by atoms with E-state index >= 15 is 0 Å². The molecule has 0 bridgehead atoms. The van der Waals surface area contributed by atoms with Gasteiger partial charge in [-0.1, -0.05) is 17.3 Å². The molecule has 1 aromatic heterocycles. The summed E-state index contributed by atoms with van der Waals surface area (Å²) in [5.41, 5.74) is 3.34. The van der Waals surface area contributed by atoms with Crippen molar-refractivity contribution in [3.63, 3.8) is 0 Å². The molecule has 0 unspecified atom stereocenters. The third-order valence-electron chi connectivity index (χ3n) is 3.23. The van der Waals surface area contributed by atoms with Crippen LogP contribution in [-0.4, -0.2) is 20.7 Å². The Hall–Kier alpha value is -1.82. The van der Waals surface area contributed by atoms with Crippen molar-refractivity contribution in [2.75, 3.05) is 0 Å². The number of halogens is 1. The number of aryl methyl sites for hydroxylation is 2. The van der Waals surface area contributed by atoms with Crippen LogP contribution in [0.3, 0.4) is 0 Å². The second kappa shape index (κ2) is 6.76. The number of oxime groups is 1. The van der Waals surface area contributed by atoms with Crippen LogP contribution < -0.4 is 4.74 Å². The lowest BCUT2D eigenvalue weighted by Gasteiger charge is -2.09. The Bertz CT molecular complexity index is 665. The second-order valence-corrected chi connectivity index (χ2v) is 5.46. The first-order valence-corrected chi connectivity index (χ1v) is 7.49. The minimum atomic E-state index is 0.425. The van der Waals surface area contributed by atoms with Crippen molar-refractivity contribution in [3.8, 4) is 5.75 Å². The van der Waals surface area contributed by atoms with Gasteiger partial charge in [-0.15, -0.1) is 0 Å². The zero-order valence-electron chi connectivity index (χ0n) is 12.3. The maximum absolute atomic E-state index is 8.82. The van der Waals surface area contributed by atoms with E-state index in [0.717, 1.165) is 33.7 Å². The summed E-state index contributed by atoms with van der Waals surface area (Å²) in [6.07, 6.45) is 0. The van der Waals surface area contributed by atoms with Gasteiger partial charge in [-0.05, 0) is 48.8 Å². The van der Waals surface area contributed by atoms with Gasteiger partial charge in [0.1, 0.15) is 12.4 Å². The summed E-state index contributed by atoms with van der Waals surface area (Å²) in [7, 11) is 0. The fourth-order valence-electron chi connectivity index (χ4n) is 2.03. The maximum Gasteiger partial charge on any atom is 0.131 e. The molecule has 0 aliphatic heterocycles. The van der Waals surface area contributed by atoms with E-state index in [1.165, 1.54) is 0 Å². The van der Waals surface area contributed by atoms with E-state index < -0.39 is 0 Å². The summed E-state index contributed by atoms with van der Waals surface area (Å²) in [6, 6.07) is 7.47. The highest BCUT2D eigenvalue weighted by Gasteiger charge is 2.12. The van der Waals surface area contributed by atoms with Crippen molar-refractivity contribution in [2.24, 2.45) is 5.16 Å². The number of benzene rings is 1. The molecule has 0 saturated heterocycles. The highest BCUT2D eigenvalue weighted by Crippen LogP contribution is 2.23. The molecular weight excluding hydrogens is 334 g/mol. The molecular formula is C15H18BrN3O2. The summed E-state index contributed by atoms with van der Waals surface area (Å²) >= 11 is 3.55. The number of hydrogen-bond acceptors (Lipinski definition) is 4. The van der Waals surface area contributed by atoms with Crippen LogP contribution in [0.1, 0.15) is 30.8 Å². The van der Waals surface area contributed by atoms with Gasteiger partial charge in [0.25, 0.3) is 0 Å². The quantitative estimate of drug-likeness (QED) is 0.507. The van der Waals surface area contributed by atoms with Crippen LogP contribution in [-0.2, 0) is 13.2 Å². The van der Waals surface area contributed by atoms with Gasteiger partial charge >= 0.3 is 0 Å². The minimum Gasteiger partial charge on any atom is -0.487 e. The molecule has 2 rings (SSSR count). The fraction of sp³-hybridized carbons (Fsp3) is 0.333. The Kier molecular flexibility index (Phi) is 5.01. The second-order valence-electron chi connectivity index (χ2n) is 4.66. The third kappa shape index (κ3) is 3.44. The van der Waals surface area contributed by atoms with E-state index in [1.807, 2.05) is 42.8 Å². The summed E-state index contributed by atoms with van der Waals surface area (Å²) < 4.78 is 8.74. The first-order chi connectivity index (χ1) is 10.1. The molecule has 1 heterocycles. The largest absolute Gasteiger partial charge is 0.487 e. The van der Waals surface area contributed by atoms with Gasteiger partial charge in [-0.3, -0.25) is 4.68 Å². The molecule has 0 aliphatic carbocycles. The molecule has 0 fully saturated rings. The molecule has 0 aliphatic rings.